The van der Waals surface area contributed by atoms with Crippen molar-refractivity contribution in [1.29, 1.82) is 0 Å². The molecule has 0 radical (unpaired) electrons. The van der Waals surface area contributed by atoms with E-state index < -0.39 is 11.8 Å². The lowest BCUT2D eigenvalue weighted by Crippen LogP contribution is -2.15. The van der Waals surface area contributed by atoms with Crippen LogP contribution in [0.2, 0.25) is 0 Å². The van der Waals surface area contributed by atoms with Crippen molar-refractivity contribution in [3.63, 3.8) is 0 Å². The van der Waals surface area contributed by atoms with Crippen molar-refractivity contribution in [2.24, 2.45) is 0 Å². The molecule has 3 rings (SSSR count). The molecule has 0 bridgehead atoms. The van der Waals surface area contributed by atoms with E-state index >= 15 is 0 Å². The van der Waals surface area contributed by atoms with E-state index in [9.17, 15) is 9.59 Å². The molecular weight excluding hydrogens is 296 g/mol. The highest BCUT2D eigenvalue weighted by Gasteiger charge is 2.22. The Morgan fingerprint density at radius 1 is 1.09 bits per heavy atom. The minimum Gasteiger partial charge on any atom is -0.497 e. The minimum atomic E-state index is -0.914. The second kappa shape index (κ2) is 5.92. The number of hydrogen-bond donors (Lipinski definition) is 1. The van der Waals surface area contributed by atoms with Crippen LogP contribution in [0.25, 0.3) is 22.2 Å². The summed E-state index contributed by atoms with van der Waals surface area (Å²) in [5.74, 6) is -0.882. The molecule has 0 aliphatic carbocycles. The van der Waals surface area contributed by atoms with Gasteiger partial charge in [0.15, 0.2) is 0 Å². The summed E-state index contributed by atoms with van der Waals surface area (Å²) in [6.07, 6.45) is 3.08. The van der Waals surface area contributed by atoms with E-state index in [1.165, 1.54) is 13.3 Å². The van der Waals surface area contributed by atoms with Crippen molar-refractivity contribution >= 4 is 22.8 Å². The molecule has 1 N–H and O–H groups in total. The van der Waals surface area contributed by atoms with Crippen LogP contribution in [-0.4, -0.2) is 35.9 Å². The van der Waals surface area contributed by atoms with Crippen LogP contribution in [-0.2, 0) is 9.53 Å². The highest BCUT2D eigenvalue weighted by molar-refractivity contribution is 6.42. The molecular formula is C17H14N2O4. The number of hydrogen-bond acceptors (Lipinski definition) is 5. The number of ether oxygens (including phenoxy) is 2. The van der Waals surface area contributed by atoms with E-state index in [0.717, 1.165) is 16.9 Å². The quantitative estimate of drug-likeness (QED) is 0.455. The van der Waals surface area contributed by atoms with Crippen LogP contribution in [0.3, 0.4) is 0 Å². The van der Waals surface area contributed by atoms with Crippen LogP contribution in [0.1, 0.15) is 10.4 Å². The molecule has 2 aromatic heterocycles. The molecule has 0 fully saturated rings. The van der Waals surface area contributed by atoms with Crippen molar-refractivity contribution in [2.45, 2.75) is 0 Å². The number of benzene rings is 1. The van der Waals surface area contributed by atoms with Crippen molar-refractivity contribution in [2.75, 3.05) is 14.2 Å². The van der Waals surface area contributed by atoms with E-state index in [2.05, 4.69) is 14.7 Å². The van der Waals surface area contributed by atoms with Gasteiger partial charge in [-0.15, -0.1) is 0 Å². The zero-order chi connectivity index (χ0) is 16.4. The summed E-state index contributed by atoms with van der Waals surface area (Å²) in [6, 6.07) is 9.37. The Hall–Kier alpha value is -3.15. The number of carbonyl (C=O) groups is 2. The summed E-state index contributed by atoms with van der Waals surface area (Å²) >= 11 is 0. The molecule has 3 aromatic rings. The predicted octanol–water partition coefficient (Wildman–Crippen LogP) is 2.59. The molecule has 2 heterocycles. The third-order valence-corrected chi connectivity index (χ3v) is 3.58. The van der Waals surface area contributed by atoms with Gasteiger partial charge in [-0.25, -0.2) is 4.79 Å². The summed E-state index contributed by atoms with van der Waals surface area (Å²) < 4.78 is 9.63. The van der Waals surface area contributed by atoms with Gasteiger partial charge in [-0.3, -0.25) is 9.78 Å². The molecule has 0 spiro atoms. The van der Waals surface area contributed by atoms with Gasteiger partial charge in [0, 0.05) is 18.0 Å². The molecule has 0 amide bonds. The molecule has 1 aromatic carbocycles. The van der Waals surface area contributed by atoms with Gasteiger partial charge in [0.25, 0.3) is 5.78 Å². The fraction of sp³-hybridized carbons (Fsp3) is 0.118. The maximum Gasteiger partial charge on any atom is 0.379 e. The number of nitrogens with one attached hydrogen (secondary N) is 1. The predicted molar refractivity (Wildman–Crippen MR) is 84.4 cm³/mol. The van der Waals surface area contributed by atoms with E-state index in [-0.39, 0.29) is 5.56 Å². The third kappa shape index (κ3) is 2.55. The number of rotatable bonds is 4. The van der Waals surface area contributed by atoms with Gasteiger partial charge >= 0.3 is 5.97 Å². The molecule has 0 aliphatic rings. The summed E-state index contributed by atoms with van der Waals surface area (Å²) in [6.45, 7) is 0. The van der Waals surface area contributed by atoms with Crippen LogP contribution in [0.5, 0.6) is 5.75 Å². The first-order chi connectivity index (χ1) is 11.2. The number of aromatic nitrogens is 2. The summed E-state index contributed by atoms with van der Waals surface area (Å²) in [5, 5.41) is 0. The zero-order valence-electron chi connectivity index (χ0n) is 12.6. The Balaban J connectivity index is 2.11. The molecule has 6 nitrogen and oxygen atoms in total. The first kappa shape index (κ1) is 14.8. The lowest BCUT2D eigenvalue weighted by atomic mass is 10.0. The minimum absolute atomic E-state index is 0.196. The van der Waals surface area contributed by atoms with Crippen LogP contribution < -0.4 is 4.74 Å². The maximum atomic E-state index is 12.0. The van der Waals surface area contributed by atoms with Crippen LogP contribution in [0, 0.1) is 0 Å². The second-order valence-electron chi connectivity index (χ2n) is 4.83. The molecule has 0 aliphatic heterocycles. The number of carbonyl (C=O) groups excluding carboxylic acids is 2. The Bertz CT molecular complexity index is 881. The van der Waals surface area contributed by atoms with Crippen LogP contribution >= 0.6 is 0 Å². The Morgan fingerprint density at radius 2 is 1.83 bits per heavy atom. The van der Waals surface area contributed by atoms with Gasteiger partial charge in [-0.2, -0.15) is 0 Å². The lowest BCUT2D eigenvalue weighted by molar-refractivity contribution is -0.135. The highest BCUT2D eigenvalue weighted by Crippen LogP contribution is 2.29. The number of fused-ring (bicyclic) bond motifs is 1. The first-order valence-electron chi connectivity index (χ1n) is 6.89. The molecule has 23 heavy (non-hydrogen) atoms. The van der Waals surface area contributed by atoms with Gasteiger partial charge in [-0.1, -0.05) is 12.1 Å². The van der Waals surface area contributed by atoms with Crippen LogP contribution in [0.15, 0.2) is 42.7 Å². The Labute approximate surface area is 132 Å². The van der Waals surface area contributed by atoms with Crippen molar-refractivity contribution < 1.29 is 19.1 Å². The maximum absolute atomic E-state index is 12.0. The van der Waals surface area contributed by atoms with Crippen molar-refractivity contribution in [1.82, 2.24) is 9.97 Å². The number of methoxy groups -OCH3 is 2. The van der Waals surface area contributed by atoms with E-state index in [4.69, 9.17) is 4.74 Å². The van der Waals surface area contributed by atoms with Gasteiger partial charge in [0.05, 0.1) is 30.8 Å². The summed E-state index contributed by atoms with van der Waals surface area (Å²) in [7, 11) is 2.78. The number of esters is 1. The fourth-order valence-electron chi connectivity index (χ4n) is 2.41. The first-order valence-corrected chi connectivity index (χ1v) is 6.89. The summed E-state index contributed by atoms with van der Waals surface area (Å²) in [5.41, 5.74) is 3.14. The Kier molecular flexibility index (Phi) is 3.80. The monoisotopic (exact) mass is 310 g/mol. The van der Waals surface area contributed by atoms with E-state index in [1.807, 2.05) is 30.3 Å². The van der Waals surface area contributed by atoms with E-state index in [1.54, 1.807) is 13.3 Å². The number of H-pyrrole nitrogens is 1. The number of pyridine rings is 1. The number of Topliss-reactive ketones (excluding diaryl/α,β-unsaturated/α-hetero) is 1. The van der Waals surface area contributed by atoms with E-state index in [0.29, 0.717) is 11.0 Å². The zero-order valence-corrected chi connectivity index (χ0v) is 12.6. The van der Waals surface area contributed by atoms with Gasteiger partial charge < -0.3 is 14.5 Å². The smallest absolute Gasteiger partial charge is 0.379 e. The van der Waals surface area contributed by atoms with Crippen LogP contribution in [0.4, 0.5) is 0 Å². The molecule has 0 unspecified atom stereocenters. The molecule has 0 atom stereocenters. The lowest BCUT2D eigenvalue weighted by Gasteiger charge is -2.05. The molecule has 0 saturated heterocycles. The average molecular weight is 310 g/mol. The largest absolute Gasteiger partial charge is 0.497 e. The fourth-order valence-corrected chi connectivity index (χ4v) is 2.41. The molecule has 0 saturated carbocycles. The van der Waals surface area contributed by atoms with Crippen molar-refractivity contribution in [3.8, 4) is 16.9 Å². The highest BCUT2D eigenvalue weighted by atomic mass is 16.5. The van der Waals surface area contributed by atoms with Gasteiger partial charge in [-0.05, 0) is 23.8 Å². The Morgan fingerprint density at radius 3 is 2.48 bits per heavy atom. The van der Waals surface area contributed by atoms with Gasteiger partial charge in [0.1, 0.15) is 5.75 Å². The topological polar surface area (TPSA) is 81.3 Å². The molecule has 116 valence electrons. The van der Waals surface area contributed by atoms with Crippen molar-refractivity contribution in [3.05, 3.63) is 48.3 Å². The van der Waals surface area contributed by atoms with Gasteiger partial charge in [0.2, 0.25) is 0 Å². The third-order valence-electron chi connectivity index (χ3n) is 3.58. The number of aromatic amines is 1. The normalized spacial score (nSPS) is 10.5. The summed E-state index contributed by atoms with van der Waals surface area (Å²) in [4.78, 5) is 30.7. The average Bonchev–Trinajstić information content (AvgIpc) is 3.04. The second-order valence-corrected chi connectivity index (χ2v) is 4.83. The number of nitrogens with zero attached hydrogens (tertiary/aromatic N) is 1. The number of ketones is 1. The standard InChI is InChI=1S/C17H14N2O4/c1-22-11-5-3-10(4-6-11)12-7-8-18-15-13(9-19-14(12)15)16(20)17(21)23-2/h3-9,19H,1-2H3. The SMILES string of the molecule is COC(=O)C(=O)c1c[nH]c2c(-c3ccc(OC)cc3)ccnc12. The molecule has 6 heteroatoms.